The van der Waals surface area contributed by atoms with Gasteiger partial charge in [-0.2, -0.15) is 38.2 Å². The smallest absolute Gasteiger partial charge is 1.00 e. The SMILES string of the molecule is C[C-](C)CP(C)C.[Br-].[Br-].[Br-].[Zr+3].c1cc[cH-]c1. The molecular weight excluding hydrogens is 494 g/mol. The van der Waals surface area contributed by atoms with Crippen LogP contribution in [0.25, 0.3) is 0 Å². The number of rotatable bonds is 2. The van der Waals surface area contributed by atoms with E-state index in [1.54, 1.807) is 5.92 Å². The Labute approximate surface area is 153 Å². The van der Waals surface area contributed by atoms with Crippen molar-refractivity contribution >= 4 is 7.92 Å². The van der Waals surface area contributed by atoms with E-state index in [1.807, 2.05) is 30.3 Å². The van der Waals surface area contributed by atoms with Crippen molar-refractivity contribution in [2.45, 2.75) is 13.8 Å². The summed E-state index contributed by atoms with van der Waals surface area (Å²) in [6.07, 6.45) is 1.34. The third kappa shape index (κ3) is 29.8. The van der Waals surface area contributed by atoms with Crippen molar-refractivity contribution in [2.75, 3.05) is 19.5 Å². The van der Waals surface area contributed by atoms with E-state index < -0.39 is 0 Å². The van der Waals surface area contributed by atoms with Crippen LogP contribution < -0.4 is 50.9 Å². The maximum atomic E-state index is 2.31. The van der Waals surface area contributed by atoms with E-state index in [2.05, 4.69) is 27.2 Å². The first-order valence-corrected chi connectivity index (χ1v) is 6.65. The molecule has 0 nitrogen and oxygen atoms in total. The van der Waals surface area contributed by atoms with Gasteiger partial charge in [-0.15, -0.1) is 7.92 Å². The van der Waals surface area contributed by atoms with Gasteiger partial charge >= 0.3 is 26.2 Å². The zero-order valence-corrected chi connectivity index (χ0v) is 18.3. The van der Waals surface area contributed by atoms with Crippen LogP contribution in [0, 0.1) is 5.92 Å². The minimum Gasteiger partial charge on any atom is -1.00 e. The van der Waals surface area contributed by atoms with Gasteiger partial charge in [0.1, 0.15) is 0 Å². The predicted octanol–water partition coefficient (Wildman–Crippen LogP) is -5.24. The molecule has 0 bridgehead atoms. The quantitative estimate of drug-likeness (QED) is 0.274. The summed E-state index contributed by atoms with van der Waals surface area (Å²) >= 11 is 0. The van der Waals surface area contributed by atoms with Gasteiger partial charge in [-0.3, -0.25) is 0 Å². The summed E-state index contributed by atoms with van der Waals surface area (Å²) in [6, 6.07) is 10.0. The first-order valence-electron chi connectivity index (χ1n) is 4.23. The van der Waals surface area contributed by atoms with Gasteiger partial charge in [0.25, 0.3) is 0 Å². The summed E-state index contributed by atoms with van der Waals surface area (Å²) < 4.78 is 0. The zero-order valence-electron chi connectivity index (χ0n) is 10.2. The molecule has 0 amide bonds. The van der Waals surface area contributed by atoms with Crippen LogP contribution in [0.15, 0.2) is 30.3 Å². The molecule has 95 valence electrons. The summed E-state index contributed by atoms with van der Waals surface area (Å²) in [6.45, 7) is 9.01. The first kappa shape index (κ1) is 30.8. The molecule has 16 heavy (non-hydrogen) atoms. The Morgan fingerprint density at radius 1 is 1.00 bits per heavy atom. The molecule has 1 rings (SSSR count). The van der Waals surface area contributed by atoms with Crippen molar-refractivity contribution in [3.63, 3.8) is 0 Å². The van der Waals surface area contributed by atoms with Crippen molar-refractivity contribution in [2.24, 2.45) is 0 Å². The monoisotopic (exact) mass is 509 g/mol. The molecule has 1 radical (unpaired) electrons. The topological polar surface area (TPSA) is 0 Å². The molecule has 0 N–H and O–H groups in total. The molecule has 0 aliphatic carbocycles. The van der Waals surface area contributed by atoms with E-state index in [9.17, 15) is 0 Å². The Bertz CT molecular complexity index is 145. The first-order chi connectivity index (χ1) is 5.63. The Hall–Kier alpha value is 2.10. The number of halogens is 3. The standard InChI is InChI=1S/C6H14P.C5H5.3BrH.Zr/c1-6(2)5-7(3)4;1-2-4-5-3-1;;;;/h5H2,1-4H3;1-5H;3*1H;/q2*-1;;;;+3/p-3. The maximum Gasteiger partial charge on any atom is 3.00 e. The van der Waals surface area contributed by atoms with E-state index in [0.717, 1.165) is 0 Å². The average molecular weight is 513 g/mol. The molecule has 0 spiro atoms. The van der Waals surface area contributed by atoms with Crippen LogP contribution in [-0.2, 0) is 26.2 Å². The third-order valence-electron chi connectivity index (χ3n) is 1.19. The second-order valence-electron chi connectivity index (χ2n) is 3.41. The number of hydrogen-bond donors (Lipinski definition) is 0. The molecule has 0 aromatic heterocycles. The van der Waals surface area contributed by atoms with Crippen LogP contribution in [0.1, 0.15) is 13.8 Å². The van der Waals surface area contributed by atoms with E-state index in [4.69, 9.17) is 0 Å². The van der Waals surface area contributed by atoms with Crippen molar-refractivity contribution in [1.29, 1.82) is 0 Å². The molecule has 0 heterocycles. The third-order valence-corrected chi connectivity index (χ3v) is 2.45. The predicted molar refractivity (Wildman–Crippen MR) is 60.3 cm³/mol. The van der Waals surface area contributed by atoms with Gasteiger partial charge in [0.15, 0.2) is 0 Å². The molecule has 0 atom stereocenters. The molecule has 0 saturated carbocycles. The zero-order chi connectivity index (χ0) is 9.40. The molecule has 5 heteroatoms. The fraction of sp³-hybridized carbons (Fsp3) is 0.455. The van der Waals surface area contributed by atoms with E-state index in [-0.39, 0.29) is 77.1 Å². The molecule has 0 unspecified atom stereocenters. The molecule has 1 aromatic rings. The maximum absolute atomic E-state index is 2.31. The summed E-state index contributed by atoms with van der Waals surface area (Å²) in [4.78, 5) is 0. The van der Waals surface area contributed by atoms with Gasteiger partial charge in [0.05, 0.1) is 0 Å². The minimum absolute atomic E-state index is 0. The van der Waals surface area contributed by atoms with Crippen molar-refractivity contribution in [1.82, 2.24) is 0 Å². The normalized spacial score (nSPS) is 7.38. The van der Waals surface area contributed by atoms with Crippen LogP contribution in [0.2, 0.25) is 0 Å². The Morgan fingerprint density at radius 3 is 1.44 bits per heavy atom. The number of hydrogen-bond acceptors (Lipinski definition) is 0. The Balaban J connectivity index is -0.0000000411. The van der Waals surface area contributed by atoms with Crippen LogP contribution >= 0.6 is 7.92 Å². The van der Waals surface area contributed by atoms with Crippen molar-refractivity contribution in [3.05, 3.63) is 36.2 Å². The van der Waals surface area contributed by atoms with Crippen LogP contribution in [0.3, 0.4) is 0 Å². The Morgan fingerprint density at radius 2 is 1.38 bits per heavy atom. The summed E-state index contributed by atoms with van der Waals surface area (Å²) in [7, 11) is 0.323. The summed E-state index contributed by atoms with van der Waals surface area (Å²) in [5.74, 6) is 1.57. The Kier molecular flexibility index (Phi) is 43.0. The molecule has 0 fully saturated rings. The van der Waals surface area contributed by atoms with E-state index >= 15 is 0 Å². The van der Waals surface area contributed by atoms with Gasteiger partial charge in [0, 0.05) is 0 Å². The van der Waals surface area contributed by atoms with Crippen LogP contribution in [0.5, 0.6) is 0 Å². The van der Waals surface area contributed by atoms with Gasteiger partial charge < -0.3 is 56.9 Å². The van der Waals surface area contributed by atoms with Crippen molar-refractivity contribution in [3.8, 4) is 0 Å². The van der Waals surface area contributed by atoms with Gasteiger partial charge in [-0.1, -0.05) is 0 Å². The van der Waals surface area contributed by atoms with Crippen LogP contribution in [-0.4, -0.2) is 19.5 Å². The van der Waals surface area contributed by atoms with Gasteiger partial charge in [-0.25, -0.2) is 12.1 Å². The van der Waals surface area contributed by atoms with E-state index in [0.29, 0.717) is 7.92 Å². The molecule has 0 aliphatic rings. The van der Waals surface area contributed by atoms with Gasteiger partial charge in [-0.05, 0) is 13.3 Å². The molecule has 0 saturated heterocycles. The van der Waals surface area contributed by atoms with Gasteiger partial charge in [0.2, 0.25) is 0 Å². The second-order valence-corrected chi connectivity index (χ2v) is 5.88. The average Bonchev–Trinajstić information content (AvgIpc) is 2.36. The molecular formula is C11H19Br3PZr-2. The minimum atomic E-state index is 0. The summed E-state index contributed by atoms with van der Waals surface area (Å²) in [5.41, 5.74) is 0. The van der Waals surface area contributed by atoms with Crippen LogP contribution in [0.4, 0.5) is 0 Å². The summed E-state index contributed by atoms with van der Waals surface area (Å²) in [5, 5.41) is 0. The second kappa shape index (κ2) is 22.3. The van der Waals surface area contributed by atoms with E-state index in [1.165, 1.54) is 6.16 Å². The molecule has 1 aromatic carbocycles. The fourth-order valence-electron chi connectivity index (χ4n) is 0.953. The largest absolute Gasteiger partial charge is 3.00 e. The fourth-order valence-corrected chi connectivity index (χ4v) is 2.22. The van der Waals surface area contributed by atoms with Crippen molar-refractivity contribution < 1.29 is 77.1 Å². The molecule has 0 aliphatic heterocycles.